The van der Waals surface area contributed by atoms with Gasteiger partial charge in [-0.2, -0.15) is 0 Å². The number of hydrogen-bond acceptors (Lipinski definition) is 12. The molecule has 0 amide bonds. The normalized spacial score (nSPS) is 26.3. The van der Waals surface area contributed by atoms with Gasteiger partial charge in [-0.3, -0.25) is 9.59 Å². The Morgan fingerprint density at radius 1 is 0.633 bits per heavy atom. The molecule has 4 aliphatic rings. The van der Waals surface area contributed by atoms with E-state index in [4.69, 9.17) is 53.3 Å². The van der Waals surface area contributed by atoms with Gasteiger partial charge in [0.15, 0.2) is 0 Å². The maximum Gasteiger partial charge on any atom is 0.311 e. The Labute approximate surface area is 540 Å². The Morgan fingerprint density at radius 2 is 1.19 bits per heavy atom. The number of carbonyl (C=O) groups is 2. The van der Waals surface area contributed by atoms with Crippen LogP contribution in [-0.4, -0.2) is 117 Å². The summed E-state index contributed by atoms with van der Waals surface area (Å²) in [4.78, 5) is 26.5. The zero-order valence-corrected chi connectivity index (χ0v) is 58.0. The maximum absolute atomic E-state index is 14.1. The van der Waals surface area contributed by atoms with Crippen molar-refractivity contribution in [1.82, 2.24) is 0 Å². The molecule has 0 N–H and O–H groups in total. The number of esters is 2. The molecule has 0 bridgehead atoms. The van der Waals surface area contributed by atoms with Crippen molar-refractivity contribution < 1.29 is 56.3 Å². The number of fused-ring (bicyclic) bond motifs is 1. The molecule has 486 valence electrons. The van der Waals surface area contributed by atoms with Crippen LogP contribution in [0.3, 0.4) is 0 Å². The van der Waals surface area contributed by atoms with Crippen LogP contribution in [0.4, 0.5) is 0 Å². The Morgan fingerprint density at radius 3 is 1.71 bits per heavy atom. The van der Waals surface area contributed by atoms with E-state index in [2.05, 4.69) is 183 Å². The number of benzene rings is 5. The van der Waals surface area contributed by atoms with Crippen molar-refractivity contribution in [3.05, 3.63) is 175 Å². The summed E-state index contributed by atoms with van der Waals surface area (Å²) in [6.07, 6.45) is 0.610. The van der Waals surface area contributed by atoms with Crippen LogP contribution in [0.5, 0.6) is 5.75 Å². The third-order valence-corrected chi connectivity index (χ3v) is 29.6. The Kier molecular flexibility index (Phi) is 22.6. The van der Waals surface area contributed by atoms with Crippen molar-refractivity contribution in [2.24, 2.45) is 23.2 Å². The number of rotatable bonds is 24. The highest BCUT2D eigenvalue weighted by Crippen LogP contribution is 2.47. The van der Waals surface area contributed by atoms with Gasteiger partial charge < -0.3 is 46.7 Å². The van der Waals surface area contributed by atoms with Crippen LogP contribution in [0, 0.1) is 23.2 Å². The van der Waals surface area contributed by atoms with Crippen molar-refractivity contribution in [2.45, 2.75) is 205 Å². The molecule has 4 saturated heterocycles. The molecule has 0 aliphatic carbocycles. The van der Waals surface area contributed by atoms with Crippen molar-refractivity contribution in [3.8, 4) is 5.75 Å². The lowest BCUT2D eigenvalue weighted by Crippen LogP contribution is -2.70. The van der Waals surface area contributed by atoms with Crippen LogP contribution in [-0.2, 0) is 58.2 Å². The molecular weight excluding hydrogens is 1160 g/mol. The molecule has 12 nitrogen and oxygen atoms in total. The largest absolute Gasteiger partial charge is 0.497 e. The molecule has 5 aromatic rings. The minimum absolute atomic E-state index is 0.0127. The minimum atomic E-state index is -3.17. The third-order valence-electron chi connectivity index (χ3n) is 19.5. The van der Waals surface area contributed by atoms with E-state index in [0.717, 1.165) is 22.5 Å². The van der Waals surface area contributed by atoms with Crippen LogP contribution >= 0.6 is 0 Å². The summed E-state index contributed by atoms with van der Waals surface area (Å²) >= 11 is 0. The quantitative estimate of drug-likeness (QED) is 0.0253. The SMILES string of the molecule is C=C1C[C@H](CCCOC(=O)C(C)(C)C)O[C@H]1CC(C(=O)OC)[C@H]1C[C@@H](C)C(=C)[C@@H](C[C@@H]2O[C@H]3C[C@@H](O[Si](c4ccccc4)(c4ccccc4)C(C)(C)C)[C@@H](CCO[Si](c4ccccc4)(c4ccccc4)C(C)(C)C)O[C@H]3[C@H](C)[C@H]2OCc2ccc(OC)cc2)O1. The highest BCUT2D eigenvalue weighted by Gasteiger charge is 2.58. The summed E-state index contributed by atoms with van der Waals surface area (Å²) in [6, 6.07) is 51.4. The van der Waals surface area contributed by atoms with E-state index in [1.54, 1.807) is 7.11 Å². The Balaban J connectivity index is 1.04. The molecule has 0 radical (unpaired) electrons. The molecule has 4 heterocycles. The van der Waals surface area contributed by atoms with Gasteiger partial charge >= 0.3 is 11.9 Å². The lowest BCUT2D eigenvalue weighted by Gasteiger charge is -2.54. The highest BCUT2D eigenvalue weighted by molar-refractivity contribution is 7.00. The van der Waals surface area contributed by atoms with Gasteiger partial charge in [0.25, 0.3) is 16.6 Å². The van der Waals surface area contributed by atoms with Gasteiger partial charge in [0.1, 0.15) is 5.75 Å². The molecule has 14 heteroatoms. The summed E-state index contributed by atoms with van der Waals surface area (Å²) in [6.45, 7) is 34.1. The highest BCUT2D eigenvalue weighted by atomic mass is 28.4. The summed E-state index contributed by atoms with van der Waals surface area (Å²) in [7, 11) is -3.01. The average Bonchev–Trinajstić information content (AvgIpc) is 0.840. The fourth-order valence-corrected chi connectivity index (χ4v) is 23.9. The smallest absolute Gasteiger partial charge is 0.311 e. The Hall–Kier alpha value is -5.53. The van der Waals surface area contributed by atoms with Gasteiger partial charge in [0.05, 0.1) is 99.8 Å². The zero-order valence-electron chi connectivity index (χ0n) is 56.0. The maximum atomic E-state index is 14.1. The van der Waals surface area contributed by atoms with Gasteiger partial charge in [-0.15, -0.1) is 0 Å². The van der Waals surface area contributed by atoms with Crippen molar-refractivity contribution in [1.29, 1.82) is 0 Å². The van der Waals surface area contributed by atoms with Crippen molar-refractivity contribution in [3.63, 3.8) is 0 Å². The van der Waals surface area contributed by atoms with E-state index in [-0.39, 0.29) is 64.4 Å². The van der Waals surface area contributed by atoms with E-state index in [9.17, 15) is 9.59 Å². The molecule has 1 unspecified atom stereocenters. The average molecular weight is 1260 g/mol. The molecule has 0 saturated carbocycles. The monoisotopic (exact) mass is 1260 g/mol. The molecule has 5 aromatic carbocycles. The first-order chi connectivity index (χ1) is 42.9. The molecule has 4 fully saturated rings. The lowest BCUT2D eigenvalue weighted by atomic mass is 9.78. The molecule has 0 aromatic heterocycles. The van der Waals surface area contributed by atoms with Crippen LogP contribution in [0.2, 0.25) is 10.1 Å². The Bertz CT molecular complexity index is 3040. The minimum Gasteiger partial charge on any atom is -0.497 e. The van der Waals surface area contributed by atoms with Crippen LogP contribution in [0.1, 0.15) is 133 Å². The van der Waals surface area contributed by atoms with E-state index in [1.807, 2.05) is 45.0 Å². The first kappa shape index (κ1) is 68.8. The molecule has 4 aliphatic heterocycles. The molecule has 13 atom stereocenters. The summed E-state index contributed by atoms with van der Waals surface area (Å²) in [5.41, 5.74) is 2.31. The second-order valence-corrected chi connectivity index (χ2v) is 37.4. The third kappa shape index (κ3) is 15.4. The number of methoxy groups -OCH3 is 2. The number of hydrogen-bond donors (Lipinski definition) is 0. The van der Waals surface area contributed by atoms with Crippen LogP contribution in [0.25, 0.3) is 0 Å². The van der Waals surface area contributed by atoms with Crippen molar-refractivity contribution >= 4 is 49.3 Å². The lowest BCUT2D eigenvalue weighted by molar-refractivity contribution is -0.276. The van der Waals surface area contributed by atoms with Crippen molar-refractivity contribution in [2.75, 3.05) is 27.4 Å². The topological polar surface area (TPSA) is 126 Å². The van der Waals surface area contributed by atoms with Gasteiger partial charge in [-0.1, -0.05) is 202 Å². The van der Waals surface area contributed by atoms with Crippen LogP contribution in [0.15, 0.2) is 170 Å². The van der Waals surface area contributed by atoms with Gasteiger partial charge in [0, 0.05) is 25.4 Å². The number of carbonyl (C=O) groups excluding carboxylic acids is 2. The standard InChI is InChI=1S/C76H102O12Si2/c1-51-46-66(62(72(77)80-15)47-64-52(2)45-57(84-64)29-28-43-81-73(78)74(5,6)7)85-65(53(51)3)48-68-70(82-50-55-38-40-56(79-14)41-39-55)54(4)71-69(86-68)49-67(88-90(76(11,12)13,60-34-24-18-25-35-60)61-36-26-19-27-37-61)63(87-71)42-44-83-89(75(8,9)10,58-30-20-16-21-31-58)59-32-22-17-23-33-59/h16-27,30-41,51,54,57,62-71H,2-3,28-29,42-50H2,1,4-15H3/t51-,54-,57+,62?,63-,64+,65-,66-,67-,68+,69+,70-,71+/m1/s1. The van der Waals surface area contributed by atoms with E-state index in [1.165, 1.54) is 27.9 Å². The van der Waals surface area contributed by atoms with Gasteiger partial charge in [-0.25, -0.2) is 0 Å². The van der Waals surface area contributed by atoms with E-state index in [0.29, 0.717) is 71.2 Å². The second kappa shape index (κ2) is 29.6. The van der Waals surface area contributed by atoms with E-state index < -0.39 is 58.5 Å². The summed E-state index contributed by atoms with van der Waals surface area (Å²) in [5.74, 6) is -0.584. The second-order valence-electron chi connectivity index (χ2n) is 28.8. The number of ether oxygens (including phenoxy) is 8. The first-order valence-corrected chi connectivity index (χ1v) is 36.7. The molecule has 90 heavy (non-hydrogen) atoms. The molecule has 9 rings (SSSR count). The summed E-state index contributed by atoms with van der Waals surface area (Å²) < 4.78 is 69.0. The zero-order chi connectivity index (χ0) is 64.6. The predicted molar refractivity (Wildman–Crippen MR) is 362 cm³/mol. The van der Waals surface area contributed by atoms with Gasteiger partial charge in [0.2, 0.25) is 0 Å². The van der Waals surface area contributed by atoms with Crippen LogP contribution < -0.4 is 25.5 Å². The summed E-state index contributed by atoms with van der Waals surface area (Å²) in [5, 5.41) is 4.29. The fourth-order valence-electron chi connectivity index (χ4n) is 14.6. The molecular formula is C76H102O12Si2. The fraction of sp³-hybridized carbons (Fsp3) is 0.526. The first-order valence-electron chi connectivity index (χ1n) is 32.9. The molecule has 0 spiro atoms. The predicted octanol–water partition coefficient (Wildman–Crippen LogP) is 13.1. The van der Waals surface area contributed by atoms with E-state index >= 15 is 0 Å². The van der Waals surface area contributed by atoms with Gasteiger partial charge in [-0.05, 0) is 125 Å².